The van der Waals surface area contributed by atoms with Gasteiger partial charge >= 0.3 is 5.97 Å². The topological polar surface area (TPSA) is 104 Å². The van der Waals surface area contributed by atoms with Gasteiger partial charge in [-0.1, -0.05) is 47.5 Å². The summed E-state index contributed by atoms with van der Waals surface area (Å²) in [7, 11) is 0. The molecule has 2 aromatic carbocycles. The van der Waals surface area contributed by atoms with Gasteiger partial charge in [-0.25, -0.2) is 4.68 Å². The van der Waals surface area contributed by atoms with E-state index >= 15 is 0 Å². The highest BCUT2D eigenvalue weighted by Crippen LogP contribution is 2.33. The first-order chi connectivity index (χ1) is 14.8. The molecule has 1 aromatic heterocycles. The molecule has 0 atom stereocenters. The maximum absolute atomic E-state index is 13.1. The van der Waals surface area contributed by atoms with E-state index in [4.69, 9.17) is 33.7 Å². The van der Waals surface area contributed by atoms with Gasteiger partial charge in [-0.3, -0.25) is 14.4 Å². The molecular formula is C22H20Cl3N3O4. The van der Waals surface area contributed by atoms with Crippen LogP contribution in [0.15, 0.2) is 53.3 Å². The Labute approximate surface area is 200 Å². The lowest BCUT2D eigenvalue weighted by Crippen LogP contribution is -2.32. The molecule has 7 nitrogen and oxygen atoms in total. The molecule has 0 unspecified atom stereocenters. The highest BCUT2D eigenvalue weighted by Gasteiger charge is 2.23. The van der Waals surface area contributed by atoms with E-state index < -0.39 is 17.3 Å². The molecule has 0 aliphatic rings. The summed E-state index contributed by atoms with van der Waals surface area (Å²) in [6.07, 6.45) is 0. The van der Waals surface area contributed by atoms with Gasteiger partial charge in [-0.05, 0) is 36.8 Å². The average Bonchev–Trinajstić information content (AvgIpc) is 2.75. The molecule has 0 saturated carbocycles. The molecule has 10 heteroatoms. The van der Waals surface area contributed by atoms with Crippen molar-refractivity contribution in [1.29, 1.82) is 0 Å². The zero-order valence-electron chi connectivity index (χ0n) is 17.0. The molecular weight excluding hydrogens is 477 g/mol. The molecule has 0 aliphatic heterocycles. The van der Waals surface area contributed by atoms with E-state index in [-0.39, 0.29) is 37.7 Å². The molecule has 0 bridgehead atoms. The van der Waals surface area contributed by atoms with Crippen molar-refractivity contribution in [1.82, 2.24) is 9.78 Å². The number of Topliss-reactive ketones (excluding diaryl/α,β-unsaturated/α-hetero) is 1. The fraction of sp³-hybridized carbons (Fsp3) is 0.182. The Kier molecular flexibility index (Phi) is 8.98. The van der Waals surface area contributed by atoms with Gasteiger partial charge in [0.05, 0.1) is 24.3 Å². The number of carbonyl (C=O) groups excluding carboxylic acids is 2. The SMILES string of the molecule is CC(=O)c1c(-c2ccc(Cl)cc2)c(-c2ccc(Cl)cc2)nn(CCOC(=O)CN)c1=O.Cl. The third-order valence-corrected chi connectivity index (χ3v) is 5.00. The minimum atomic E-state index is -0.601. The van der Waals surface area contributed by atoms with E-state index in [2.05, 4.69) is 5.10 Å². The third kappa shape index (κ3) is 5.75. The molecule has 0 spiro atoms. The Hall–Kier alpha value is -2.71. The van der Waals surface area contributed by atoms with Crippen LogP contribution in [0.2, 0.25) is 10.0 Å². The van der Waals surface area contributed by atoms with Crippen molar-refractivity contribution in [3.8, 4) is 22.4 Å². The summed E-state index contributed by atoms with van der Waals surface area (Å²) in [5.74, 6) is -1.02. The number of nitrogens with zero attached hydrogens (tertiary/aromatic N) is 2. The number of nitrogens with two attached hydrogens (primary N) is 1. The lowest BCUT2D eigenvalue weighted by molar-refractivity contribution is -0.142. The molecule has 0 radical (unpaired) electrons. The smallest absolute Gasteiger partial charge is 0.319 e. The molecule has 168 valence electrons. The first-order valence-corrected chi connectivity index (χ1v) is 10.1. The number of halogens is 3. The minimum Gasteiger partial charge on any atom is -0.463 e. The van der Waals surface area contributed by atoms with Crippen LogP contribution < -0.4 is 11.3 Å². The summed E-state index contributed by atoms with van der Waals surface area (Å²) in [4.78, 5) is 37.0. The zero-order valence-corrected chi connectivity index (χ0v) is 19.3. The molecule has 2 N–H and O–H groups in total. The lowest BCUT2D eigenvalue weighted by Gasteiger charge is -2.16. The van der Waals surface area contributed by atoms with E-state index in [0.29, 0.717) is 32.4 Å². The van der Waals surface area contributed by atoms with Gasteiger partial charge in [0.1, 0.15) is 6.61 Å². The number of carbonyl (C=O) groups is 2. The highest BCUT2D eigenvalue weighted by molar-refractivity contribution is 6.31. The van der Waals surface area contributed by atoms with E-state index in [0.717, 1.165) is 4.68 Å². The molecule has 0 fully saturated rings. The fourth-order valence-corrected chi connectivity index (χ4v) is 3.31. The predicted molar refractivity (Wildman–Crippen MR) is 127 cm³/mol. The summed E-state index contributed by atoms with van der Waals surface area (Å²) in [5.41, 5.74) is 6.70. The van der Waals surface area contributed by atoms with Gasteiger partial charge in [0.15, 0.2) is 5.78 Å². The van der Waals surface area contributed by atoms with E-state index in [9.17, 15) is 14.4 Å². The number of esters is 1. The van der Waals surface area contributed by atoms with Crippen LogP contribution in [0.25, 0.3) is 22.4 Å². The predicted octanol–water partition coefficient (Wildman–Crippen LogP) is 4.01. The van der Waals surface area contributed by atoms with Gasteiger partial charge in [-0.15, -0.1) is 12.4 Å². The number of aromatic nitrogens is 2. The monoisotopic (exact) mass is 495 g/mol. The van der Waals surface area contributed by atoms with Crippen molar-refractivity contribution in [3.05, 3.63) is 74.5 Å². The van der Waals surface area contributed by atoms with E-state index in [1.54, 1.807) is 48.5 Å². The molecule has 0 amide bonds. The summed E-state index contributed by atoms with van der Waals surface area (Å²) < 4.78 is 6.07. The maximum atomic E-state index is 13.1. The molecule has 0 aliphatic carbocycles. The van der Waals surface area contributed by atoms with Gasteiger partial charge in [0.25, 0.3) is 5.56 Å². The molecule has 32 heavy (non-hydrogen) atoms. The second-order valence-electron chi connectivity index (χ2n) is 6.62. The molecule has 3 aromatic rings. The first-order valence-electron chi connectivity index (χ1n) is 9.35. The minimum absolute atomic E-state index is 0. The summed E-state index contributed by atoms with van der Waals surface area (Å²) in [6, 6.07) is 13.7. The standard InChI is InChI=1S/C22H19Cl2N3O4.ClH/c1-13(28)19-20(14-2-6-16(23)7-3-14)21(15-4-8-17(24)9-5-15)26-27(22(19)30)10-11-31-18(29)12-25;/h2-9H,10-12,25H2,1H3;1H. The van der Waals surface area contributed by atoms with E-state index in [1.807, 2.05) is 0 Å². The van der Waals surface area contributed by atoms with Crippen molar-refractivity contribution < 1.29 is 14.3 Å². The largest absolute Gasteiger partial charge is 0.463 e. The molecule has 3 rings (SSSR count). The summed E-state index contributed by atoms with van der Waals surface area (Å²) in [5, 5.41) is 5.54. The number of hydrogen-bond acceptors (Lipinski definition) is 6. The van der Waals surface area contributed by atoms with Crippen LogP contribution in [0.5, 0.6) is 0 Å². The Morgan fingerprint density at radius 2 is 1.53 bits per heavy atom. The van der Waals surface area contributed by atoms with Gasteiger partial charge in [0.2, 0.25) is 0 Å². The third-order valence-electron chi connectivity index (χ3n) is 4.49. The Morgan fingerprint density at radius 1 is 1.00 bits per heavy atom. The normalized spacial score (nSPS) is 10.4. The van der Waals surface area contributed by atoms with Crippen LogP contribution >= 0.6 is 35.6 Å². The quantitative estimate of drug-likeness (QED) is 0.391. The fourth-order valence-electron chi connectivity index (χ4n) is 3.06. The number of hydrogen-bond donors (Lipinski definition) is 1. The number of benzene rings is 2. The summed E-state index contributed by atoms with van der Waals surface area (Å²) in [6.45, 7) is 0.903. The maximum Gasteiger partial charge on any atom is 0.319 e. The Bertz CT molecular complexity index is 1180. The second-order valence-corrected chi connectivity index (χ2v) is 7.49. The van der Waals surface area contributed by atoms with Crippen LogP contribution in [-0.4, -0.2) is 34.7 Å². The van der Waals surface area contributed by atoms with Crippen LogP contribution in [0.1, 0.15) is 17.3 Å². The van der Waals surface area contributed by atoms with Gasteiger partial charge < -0.3 is 10.5 Å². The lowest BCUT2D eigenvalue weighted by atomic mass is 9.94. The molecule has 0 saturated heterocycles. The van der Waals surface area contributed by atoms with Gasteiger partial charge in [-0.2, -0.15) is 5.10 Å². The summed E-state index contributed by atoms with van der Waals surface area (Å²) >= 11 is 12.0. The number of rotatable bonds is 7. The van der Waals surface area contributed by atoms with Crippen molar-refractivity contribution in [3.63, 3.8) is 0 Å². The van der Waals surface area contributed by atoms with Crippen molar-refractivity contribution in [2.75, 3.05) is 13.2 Å². The Morgan fingerprint density at radius 3 is 2.03 bits per heavy atom. The number of ether oxygens (including phenoxy) is 1. The second kappa shape index (κ2) is 11.2. The van der Waals surface area contributed by atoms with Crippen LogP contribution in [0, 0.1) is 0 Å². The first kappa shape index (κ1) is 25.5. The zero-order chi connectivity index (χ0) is 22.5. The van der Waals surface area contributed by atoms with E-state index in [1.165, 1.54) is 6.92 Å². The van der Waals surface area contributed by atoms with Gasteiger partial charge in [0, 0.05) is 21.2 Å². The Balaban J connectivity index is 0.00000363. The van der Waals surface area contributed by atoms with Crippen molar-refractivity contribution in [2.45, 2.75) is 13.5 Å². The van der Waals surface area contributed by atoms with Crippen molar-refractivity contribution in [2.24, 2.45) is 5.73 Å². The molecule has 1 heterocycles. The van der Waals surface area contributed by atoms with Crippen LogP contribution in [0.4, 0.5) is 0 Å². The number of ketones is 1. The van der Waals surface area contributed by atoms with Crippen LogP contribution in [0.3, 0.4) is 0 Å². The van der Waals surface area contributed by atoms with Crippen molar-refractivity contribution >= 4 is 47.4 Å². The van der Waals surface area contributed by atoms with Crippen LogP contribution in [-0.2, 0) is 16.1 Å². The highest BCUT2D eigenvalue weighted by atomic mass is 35.5. The average molecular weight is 497 g/mol.